The molecule has 0 aromatic heterocycles. The molecule has 0 atom stereocenters. The molecule has 7 heteroatoms. The molecule has 0 radical (unpaired) electrons. The summed E-state index contributed by atoms with van der Waals surface area (Å²) in [6.07, 6.45) is -1.94. The fraction of sp³-hybridized carbons (Fsp3) is 0. The molecule has 0 saturated heterocycles. The second-order valence-corrected chi connectivity index (χ2v) is 4.03. The van der Waals surface area contributed by atoms with E-state index in [2.05, 4.69) is 0 Å². The third-order valence-electron chi connectivity index (χ3n) is 1.34. The Hall–Kier alpha value is -1.63. The van der Waals surface area contributed by atoms with Crippen LogP contribution in [0.2, 0.25) is 0 Å². The van der Waals surface area contributed by atoms with Crippen LogP contribution in [-0.4, -0.2) is 14.5 Å². The summed E-state index contributed by atoms with van der Waals surface area (Å²) in [5, 5.41) is 9.98. The van der Waals surface area contributed by atoms with E-state index in [4.69, 9.17) is 0 Å². The van der Waals surface area contributed by atoms with Gasteiger partial charge in [0.25, 0.3) is 10.0 Å². The molecule has 0 fully saturated rings. The van der Waals surface area contributed by atoms with E-state index in [-0.39, 0.29) is 4.90 Å². The summed E-state index contributed by atoms with van der Waals surface area (Å²) in [5.41, 5.74) is 0. The van der Waals surface area contributed by atoms with E-state index < -0.39 is 21.9 Å². The third kappa shape index (κ3) is 2.43. The van der Waals surface area contributed by atoms with E-state index in [1.165, 1.54) is 4.72 Å². The fourth-order valence-corrected chi connectivity index (χ4v) is 1.61. The molecule has 5 nitrogen and oxygen atoms in total. The molecule has 0 heterocycles. The number of halogens is 1. The largest absolute Gasteiger partial charge is 0.529 e. The first kappa shape index (κ1) is 10.5. The summed E-state index contributed by atoms with van der Waals surface area (Å²) in [4.78, 5) is 9.64. The molecule has 1 rings (SSSR count). The number of carbonyl (C=O) groups excluding carboxylic acids is 1. The standard InChI is InChI=1S/C7H6FNO4S/c8-5-1-3-6(4-2-5)14(12,13)9-7(10)11/h1-4,9H,(H,10,11)/p-1. The Bertz CT molecular complexity index is 439. The minimum absolute atomic E-state index is 0.344. The van der Waals surface area contributed by atoms with Gasteiger partial charge in [-0.25, -0.2) is 12.8 Å². The van der Waals surface area contributed by atoms with Crippen LogP contribution in [0.3, 0.4) is 0 Å². The number of benzene rings is 1. The molecular formula is C7H5FNO4S-. The highest BCUT2D eigenvalue weighted by molar-refractivity contribution is 7.90. The Balaban J connectivity index is 3.05. The maximum Gasteiger partial charge on any atom is 0.262 e. The van der Waals surface area contributed by atoms with Crippen molar-refractivity contribution in [2.45, 2.75) is 4.90 Å². The first-order valence-corrected chi connectivity index (χ1v) is 4.89. The zero-order chi connectivity index (χ0) is 10.8. The lowest BCUT2D eigenvalue weighted by Crippen LogP contribution is -2.40. The summed E-state index contributed by atoms with van der Waals surface area (Å²) < 4.78 is 35.8. The van der Waals surface area contributed by atoms with Crippen molar-refractivity contribution in [2.75, 3.05) is 0 Å². The number of nitrogens with one attached hydrogen (secondary N) is 1. The number of amides is 1. The van der Waals surface area contributed by atoms with Crippen LogP contribution in [0, 0.1) is 5.82 Å². The van der Waals surface area contributed by atoms with E-state index in [1.807, 2.05) is 0 Å². The van der Waals surface area contributed by atoms with Gasteiger partial charge >= 0.3 is 0 Å². The summed E-state index contributed by atoms with van der Waals surface area (Å²) in [5.74, 6) is -0.614. The predicted octanol–water partition coefficient (Wildman–Crippen LogP) is -0.553. The summed E-state index contributed by atoms with van der Waals surface area (Å²) in [6.45, 7) is 0. The minimum atomic E-state index is -4.15. The van der Waals surface area contributed by atoms with Crippen molar-refractivity contribution >= 4 is 16.1 Å². The number of hydrogen-bond acceptors (Lipinski definition) is 4. The Morgan fingerprint density at radius 3 is 2.21 bits per heavy atom. The van der Waals surface area contributed by atoms with E-state index in [1.54, 1.807) is 0 Å². The molecule has 1 aromatic carbocycles. The molecule has 76 valence electrons. The topological polar surface area (TPSA) is 86.3 Å². The summed E-state index contributed by atoms with van der Waals surface area (Å²) in [7, 11) is -4.15. The molecule has 1 N–H and O–H groups in total. The van der Waals surface area contributed by atoms with Crippen LogP contribution in [0.1, 0.15) is 0 Å². The zero-order valence-electron chi connectivity index (χ0n) is 6.73. The van der Waals surface area contributed by atoms with Gasteiger partial charge in [-0.3, -0.25) is 4.72 Å². The van der Waals surface area contributed by atoms with Crippen molar-refractivity contribution in [1.29, 1.82) is 0 Å². The van der Waals surface area contributed by atoms with Gasteiger partial charge in [0.2, 0.25) is 0 Å². The lowest BCUT2D eigenvalue weighted by molar-refractivity contribution is -0.247. The molecule has 0 spiro atoms. The van der Waals surface area contributed by atoms with Crippen LogP contribution in [0.25, 0.3) is 0 Å². The second kappa shape index (κ2) is 3.62. The van der Waals surface area contributed by atoms with Crippen molar-refractivity contribution in [3.05, 3.63) is 30.1 Å². The number of hydrogen-bond donors (Lipinski definition) is 1. The second-order valence-electron chi connectivity index (χ2n) is 2.35. The van der Waals surface area contributed by atoms with Crippen LogP contribution in [0.15, 0.2) is 29.2 Å². The number of carboxylic acid groups (broad SMARTS) is 1. The summed E-state index contributed by atoms with van der Waals surface area (Å²) >= 11 is 0. The van der Waals surface area contributed by atoms with Gasteiger partial charge in [-0.2, -0.15) is 0 Å². The van der Waals surface area contributed by atoms with Crippen molar-refractivity contribution < 1.29 is 22.7 Å². The highest BCUT2D eigenvalue weighted by Crippen LogP contribution is 2.08. The van der Waals surface area contributed by atoms with Crippen molar-refractivity contribution in [2.24, 2.45) is 0 Å². The Morgan fingerprint density at radius 2 is 1.79 bits per heavy atom. The third-order valence-corrected chi connectivity index (χ3v) is 2.67. The first-order chi connectivity index (χ1) is 6.42. The normalized spacial score (nSPS) is 10.9. The molecule has 0 bridgehead atoms. The smallest absolute Gasteiger partial charge is 0.262 e. The average Bonchev–Trinajstić information content (AvgIpc) is 2.02. The van der Waals surface area contributed by atoms with E-state index >= 15 is 0 Å². The Morgan fingerprint density at radius 1 is 1.29 bits per heavy atom. The number of carbonyl (C=O) groups is 1. The average molecular weight is 218 g/mol. The predicted molar refractivity (Wildman–Crippen MR) is 42.1 cm³/mol. The van der Waals surface area contributed by atoms with Gasteiger partial charge in [0.05, 0.1) is 4.90 Å². The quantitative estimate of drug-likeness (QED) is 0.721. The minimum Gasteiger partial charge on any atom is -0.529 e. The van der Waals surface area contributed by atoms with Gasteiger partial charge in [0.15, 0.2) is 0 Å². The molecule has 0 unspecified atom stereocenters. The lowest BCUT2D eigenvalue weighted by atomic mass is 10.4. The monoisotopic (exact) mass is 218 g/mol. The zero-order valence-corrected chi connectivity index (χ0v) is 7.55. The first-order valence-electron chi connectivity index (χ1n) is 3.41. The Kier molecular flexibility index (Phi) is 2.70. The number of sulfonamides is 1. The van der Waals surface area contributed by atoms with Crippen LogP contribution in [-0.2, 0) is 10.0 Å². The van der Waals surface area contributed by atoms with Gasteiger partial charge in [0.1, 0.15) is 11.9 Å². The molecule has 0 aliphatic carbocycles. The molecule has 0 saturated carbocycles. The highest BCUT2D eigenvalue weighted by Gasteiger charge is 2.12. The number of rotatable bonds is 2. The molecule has 0 aliphatic rings. The van der Waals surface area contributed by atoms with Crippen molar-refractivity contribution in [3.8, 4) is 0 Å². The lowest BCUT2D eigenvalue weighted by Gasteiger charge is -2.07. The van der Waals surface area contributed by atoms with Gasteiger partial charge in [-0.1, -0.05) is 0 Å². The van der Waals surface area contributed by atoms with E-state index in [9.17, 15) is 22.7 Å². The van der Waals surface area contributed by atoms with Crippen molar-refractivity contribution in [1.82, 2.24) is 4.72 Å². The van der Waals surface area contributed by atoms with Crippen molar-refractivity contribution in [3.63, 3.8) is 0 Å². The molecule has 1 amide bonds. The molecule has 14 heavy (non-hydrogen) atoms. The van der Waals surface area contributed by atoms with E-state index in [0.29, 0.717) is 0 Å². The van der Waals surface area contributed by atoms with Crippen LogP contribution >= 0.6 is 0 Å². The molecule has 0 aliphatic heterocycles. The van der Waals surface area contributed by atoms with E-state index in [0.717, 1.165) is 24.3 Å². The highest BCUT2D eigenvalue weighted by atomic mass is 32.2. The maximum absolute atomic E-state index is 12.4. The van der Waals surface area contributed by atoms with Crippen LogP contribution in [0.4, 0.5) is 9.18 Å². The van der Waals surface area contributed by atoms with Gasteiger partial charge < -0.3 is 9.90 Å². The van der Waals surface area contributed by atoms with Gasteiger partial charge in [-0.05, 0) is 24.3 Å². The fourth-order valence-electron chi connectivity index (χ4n) is 0.782. The van der Waals surface area contributed by atoms with Gasteiger partial charge in [0, 0.05) is 0 Å². The van der Waals surface area contributed by atoms with Crippen LogP contribution < -0.4 is 9.83 Å². The molecule has 1 aromatic rings. The Labute approximate surface area is 79.2 Å². The van der Waals surface area contributed by atoms with Crippen LogP contribution in [0.5, 0.6) is 0 Å². The van der Waals surface area contributed by atoms with Gasteiger partial charge in [-0.15, -0.1) is 0 Å². The summed E-state index contributed by atoms with van der Waals surface area (Å²) in [6, 6.07) is 3.70. The molecular weight excluding hydrogens is 213 g/mol. The maximum atomic E-state index is 12.4. The SMILES string of the molecule is O=C([O-])NS(=O)(=O)c1ccc(F)cc1.